The highest BCUT2D eigenvalue weighted by molar-refractivity contribution is 6.12. The molecule has 1 unspecified atom stereocenters. The molecule has 6 rings (SSSR count). The number of piperidine rings is 1. The quantitative estimate of drug-likeness (QED) is 0.717. The van der Waals surface area contributed by atoms with Crippen LogP contribution in [0.15, 0.2) is 42.5 Å². The van der Waals surface area contributed by atoms with Gasteiger partial charge in [0.1, 0.15) is 6.54 Å². The van der Waals surface area contributed by atoms with Gasteiger partial charge in [0.05, 0.1) is 10.8 Å². The van der Waals surface area contributed by atoms with Gasteiger partial charge in [-0.05, 0) is 86.6 Å². The summed E-state index contributed by atoms with van der Waals surface area (Å²) in [5.41, 5.74) is 4.11. The van der Waals surface area contributed by atoms with E-state index in [1.165, 1.54) is 5.56 Å². The van der Waals surface area contributed by atoms with Gasteiger partial charge >= 0.3 is 0 Å². The molecule has 2 aromatic rings. The van der Waals surface area contributed by atoms with Crippen molar-refractivity contribution in [3.63, 3.8) is 0 Å². The van der Waals surface area contributed by atoms with Crippen molar-refractivity contribution in [1.82, 2.24) is 10.2 Å². The number of anilines is 2. The summed E-state index contributed by atoms with van der Waals surface area (Å²) in [5.74, 6) is -0.0144. The molecule has 35 heavy (non-hydrogen) atoms. The van der Waals surface area contributed by atoms with Gasteiger partial charge in [-0.2, -0.15) is 0 Å². The van der Waals surface area contributed by atoms with E-state index in [2.05, 4.69) is 28.5 Å². The van der Waals surface area contributed by atoms with Gasteiger partial charge in [-0.15, -0.1) is 0 Å². The molecule has 3 aliphatic heterocycles. The Kier molecular flexibility index (Phi) is 5.22. The Hall–Kier alpha value is -3.19. The summed E-state index contributed by atoms with van der Waals surface area (Å²) >= 11 is 0. The van der Waals surface area contributed by atoms with Crippen LogP contribution < -0.4 is 15.5 Å². The molecule has 2 saturated heterocycles. The molecule has 0 bridgehead atoms. The van der Waals surface area contributed by atoms with Gasteiger partial charge in [-0.3, -0.25) is 14.4 Å². The second kappa shape index (κ2) is 8.19. The fourth-order valence-electron chi connectivity index (χ4n) is 6.72. The van der Waals surface area contributed by atoms with E-state index in [1.54, 1.807) is 4.90 Å². The van der Waals surface area contributed by atoms with Crippen LogP contribution >= 0.6 is 0 Å². The largest absolute Gasteiger partial charge is 0.356 e. The van der Waals surface area contributed by atoms with E-state index < -0.39 is 5.41 Å². The summed E-state index contributed by atoms with van der Waals surface area (Å²) in [6.45, 7) is 5.67. The van der Waals surface area contributed by atoms with Gasteiger partial charge < -0.3 is 20.4 Å². The van der Waals surface area contributed by atoms with Gasteiger partial charge in [0.2, 0.25) is 17.7 Å². The van der Waals surface area contributed by atoms with Crippen molar-refractivity contribution in [1.29, 1.82) is 0 Å². The normalized spacial score (nSPS) is 24.7. The van der Waals surface area contributed by atoms with E-state index >= 15 is 0 Å². The van der Waals surface area contributed by atoms with Gasteiger partial charge in [0.15, 0.2) is 0 Å². The SMILES string of the molecule is CCN1CCC2(CC1)C(=O)N(CC(=O)Nc1ccc3c(c1)CC1(CCNC1=O)C3)c1ccccc12. The first-order chi connectivity index (χ1) is 16.9. The van der Waals surface area contributed by atoms with Crippen LogP contribution in [0, 0.1) is 5.41 Å². The minimum Gasteiger partial charge on any atom is -0.356 e. The molecular formula is C28H32N4O3. The smallest absolute Gasteiger partial charge is 0.244 e. The number of likely N-dealkylation sites (tertiary alicyclic amines) is 1. The highest BCUT2D eigenvalue weighted by atomic mass is 16.2. The highest BCUT2D eigenvalue weighted by Crippen LogP contribution is 2.48. The standard InChI is InChI=1S/C28H32N4O3/c1-2-31-13-10-28(11-14-31)22-5-3-4-6-23(22)32(26(28)35)18-24(33)30-21-8-7-19-16-27(17-20(19)15-21)9-12-29-25(27)34/h3-8,15H,2,9-14,16-18H2,1H3,(H,29,34)(H,30,33). The number of hydrogen-bond donors (Lipinski definition) is 2. The van der Waals surface area contributed by atoms with Gasteiger partial charge in [-0.1, -0.05) is 31.2 Å². The minimum absolute atomic E-state index is 0.00147. The van der Waals surface area contributed by atoms with Crippen LogP contribution in [0.4, 0.5) is 11.4 Å². The number of benzene rings is 2. The minimum atomic E-state index is -0.522. The average molecular weight is 473 g/mol. The van der Waals surface area contributed by atoms with E-state index in [0.29, 0.717) is 6.42 Å². The van der Waals surface area contributed by atoms with Crippen molar-refractivity contribution < 1.29 is 14.4 Å². The third kappa shape index (κ3) is 3.47. The zero-order valence-electron chi connectivity index (χ0n) is 20.2. The molecule has 2 aromatic carbocycles. The number of rotatable bonds is 4. The fraction of sp³-hybridized carbons (Fsp3) is 0.464. The second-order valence-corrected chi connectivity index (χ2v) is 10.6. The highest BCUT2D eigenvalue weighted by Gasteiger charge is 2.52. The lowest BCUT2D eigenvalue weighted by atomic mass is 9.73. The summed E-state index contributed by atoms with van der Waals surface area (Å²) in [6.07, 6.45) is 3.91. The molecule has 7 nitrogen and oxygen atoms in total. The van der Waals surface area contributed by atoms with Gasteiger partial charge in [0.25, 0.3) is 0 Å². The summed E-state index contributed by atoms with van der Waals surface area (Å²) < 4.78 is 0. The first-order valence-electron chi connectivity index (χ1n) is 12.8. The van der Waals surface area contributed by atoms with Gasteiger partial charge in [-0.25, -0.2) is 0 Å². The van der Waals surface area contributed by atoms with Crippen LogP contribution in [0.5, 0.6) is 0 Å². The Bertz CT molecular complexity index is 1220. The average Bonchev–Trinajstić information content (AvgIpc) is 3.49. The zero-order chi connectivity index (χ0) is 24.2. The van der Waals surface area contributed by atoms with Crippen molar-refractivity contribution in [3.8, 4) is 0 Å². The lowest BCUT2D eigenvalue weighted by molar-refractivity contribution is -0.127. The third-order valence-corrected chi connectivity index (χ3v) is 8.74. The summed E-state index contributed by atoms with van der Waals surface area (Å²) in [5, 5.41) is 5.97. The number of carbonyl (C=O) groups excluding carboxylic acids is 3. The Morgan fingerprint density at radius 2 is 1.80 bits per heavy atom. The first kappa shape index (κ1) is 22.3. The molecule has 2 N–H and O–H groups in total. The van der Waals surface area contributed by atoms with Crippen molar-refractivity contribution in [3.05, 3.63) is 59.2 Å². The maximum atomic E-state index is 13.7. The Morgan fingerprint density at radius 3 is 2.54 bits per heavy atom. The molecule has 0 radical (unpaired) electrons. The number of nitrogens with one attached hydrogen (secondary N) is 2. The molecule has 182 valence electrons. The number of amides is 3. The molecule has 2 spiro atoms. The Labute approximate surface area is 205 Å². The van der Waals surface area contributed by atoms with E-state index in [4.69, 9.17) is 0 Å². The lowest BCUT2D eigenvalue weighted by Gasteiger charge is -2.38. The fourth-order valence-corrected chi connectivity index (χ4v) is 6.72. The maximum Gasteiger partial charge on any atom is 0.244 e. The zero-order valence-corrected chi connectivity index (χ0v) is 20.2. The predicted octanol–water partition coefficient (Wildman–Crippen LogP) is 2.63. The molecule has 1 aliphatic carbocycles. The predicted molar refractivity (Wildman–Crippen MR) is 134 cm³/mol. The monoisotopic (exact) mass is 472 g/mol. The molecule has 3 amide bonds. The van der Waals surface area contributed by atoms with Gasteiger partial charge in [0, 0.05) is 17.9 Å². The Morgan fingerprint density at radius 1 is 1.03 bits per heavy atom. The van der Waals surface area contributed by atoms with E-state index in [0.717, 1.165) is 74.4 Å². The Balaban J connectivity index is 1.18. The number of hydrogen-bond acceptors (Lipinski definition) is 4. The molecule has 7 heteroatoms. The topological polar surface area (TPSA) is 81.8 Å². The van der Waals surface area contributed by atoms with Crippen LogP contribution in [0.2, 0.25) is 0 Å². The van der Waals surface area contributed by atoms with Crippen LogP contribution in [-0.2, 0) is 32.6 Å². The van der Waals surface area contributed by atoms with Crippen LogP contribution in [0.3, 0.4) is 0 Å². The molecule has 0 aromatic heterocycles. The summed E-state index contributed by atoms with van der Waals surface area (Å²) in [6, 6.07) is 13.9. The number of nitrogens with zero attached hydrogens (tertiary/aromatic N) is 2. The first-order valence-corrected chi connectivity index (χ1v) is 12.8. The molecule has 2 fully saturated rings. The number of para-hydroxylation sites is 1. The lowest BCUT2D eigenvalue weighted by Crippen LogP contribution is -2.49. The maximum absolute atomic E-state index is 13.7. The van der Waals surface area contributed by atoms with E-state index in [1.807, 2.05) is 36.4 Å². The van der Waals surface area contributed by atoms with Crippen LogP contribution in [0.1, 0.15) is 42.9 Å². The third-order valence-electron chi connectivity index (χ3n) is 8.74. The summed E-state index contributed by atoms with van der Waals surface area (Å²) in [7, 11) is 0. The van der Waals surface area contributed by atoms with Crippen molar-refractivity contribution in [2.75, 3.05) is 42.9 Å². The molecule has 1 atom stereocenters. The number of fused-ring (bicyclic) bond motifs is 3. The van der Waals surface area contributed by atoms with Crippen molar-refractivity contribution in [2.24, 2.45) is 5.41 Å². The summed E-state index contributed by atoms with van der Waals surface area (Å²) in [4.78, 5) is 43.3. The van der Waals surface area contributed by atoms with E-state index in [9.17, 15) is 14.4 Å². The van der Waals surface area contributed by atoms with Crippen LogP contribution in [-0.4, -0.2) is 55.3 Å². The molecule has 0 saturated carbocycles. The molecule has 4 aliphatic rings. The van der Waals surface area contributed by atoms with Crippen molar-refractivity contribution >= 4 is 29.1 Å². The molecular weight excluding hydrogens is 440 g/mol. The van der Waals surface area contributed by atoms with E-state index in [-0.39, 0.29) is 29.7 Å². The van der Waals surface area contributed by atoms with Crippen LogP contribution in [0.25, 0.3) is 0 Å². The number of carbonyl (C=O) groups is 3. The molecule has 3 heterocycles. The second-order valence-electron chi connectivity index (χ2n) is 10.6. The van der Waals surface area contributed by atoms with Crippen molar-refractivity contribution in [2.45, 2.75) is 44.4 Å².